The first-order chi connectivity index (χ1) is 18.5. The highest BCUT2D eigenvalue weighted by Gasteiger charge is 2.14. The topological polar surface area (TPSA) is 118 Å². The number of rotatable bonds is 9. The highest BCUT2D eigenvalue weighted by atomic mass is 16.5. The van der Waals surface area contributed by atoms with E-state index in [9.17, 15) is 14.4 Å². The summed E-state index contributed by atoms with van der Waals surface area (Å²) in [4.78, 5) is 41.7. The zero-order valence-electron chi connectivity index (χ0n) is 21.4. The van der Waals surface area contributed by atoms with E-state index >= 15 is 0 Å². The zero-order valence-corrected chi connectivity index (χ0v) is 21.4. The Morgan fingerprint density at radius 2 is 1.74 bits per heavy atom. The molecular weight excluding hydrogens is 484 g/mol. The van der Waals surface area contributed by atoms with Crippen LogP contribution in [0.1, 0.15) is 30.9 Å². The van der Waals surface area contributed by atoms with Gasteiger partial charge in [-0.2, -0.15) is 0 Å². The highest BCUT2D eigenvalue weighted by Crippen LogP contribution is 2.15. The van der Waals surface area contributed by atoms with Crippen LogP contribution in [-0.2, 0) is 27.4 Å². The van der Waals surface area contributed by atoms with Gasteiger partial charge >= 0.3 is 6.09 Å². The third-order valence-electron chi connectivity index (χ3n) is 5.37. The van der Waals surface area contributed by atoms with Gasteiger partial charge in [-0.25, -0.2) is 4.79 Å². The first-order valence-electron chi connectivity index (χ1n) is 12.0. The first-order valence-corrected chi connectivity index (χ1v) is 12.0. The van der Waals surface area contributed by atoms with Crippen molar-refractivity contribution in [2.75, 3.05) is 19.0 Å². The molecule has 2 aromatic rings. The van der Waals surface area contributed by atoms with Crippen LogP contribution in [0.2, 0.25) is 0 Å². The van der Waals surface area contributed by atoms with Crippen LogP contribution in [0.5, 0.6) is 5.75 Å². The van der Waals surface area contributed by atoms with Crippen molar-refractivity contribution >= 4 is 29.8 Å². The summed E-state index contributed by atoms with van der Waals surface area (Å²) in [6.45, 7) is 2.25. The number of hydrogen-bond acceptors (Lipinski definition) is 6. The van der Waals surface area contributed by atoms with E-state index in [1.807, 2.05) is 24.3 Å². The molecule has 1 aliphatic rings. The van der Waals surface area contributed by atoms with E-state index in [2.05, 4.69) is 32.8 Å². The van der Waals surface area contributed by atoms with Gasteiger partial charge in [0, 0.05) is 30.6 Å². The first kappa shape index (κ1) is 27.7. The lowest BCUT2D eigenvalue weighted by atomic mass is 10.1. The van der Waals surface area contributed by atoms with Crippen molar-refractivity contribution in [3.05, 3.63) is 83.1 Å². The Morgan fingerprint density at radius 3 is 2.50 bits per heavy atom. The summed E-state index contributed by atoms with van der Waals surface area (Å²) in [6, 6.07) is 14.4. The molecule has 0 aliphatic carbocycles. The molecular formula is C29H30N4O5. The van der Waals surface area contributed by atoms with Gasteiger partial charge in [-0.15, -0.1) is 5.92 Å². The fourth-order valence-electron chi connectivity index (χ4n) is 3.38. The van der Waals surface area contributed by atoms with E-state index in [4.69, 9.17) is 9.47 Å². The number of amides is 3. The lowest BCUT2D eigenvalue weighted by Gasteiger charge is -2.11. The summed E-state index contributed by atoms with van der Waals surface area (Å²) in [5, 5.41) is 8.31. The minimum absolute atomic E-state index is 0.0215. The van der Waals surface area contributed by atoms with Gasteiger partial charge in [0.15, 0.2) is 6.61 Å². The lowest BCUT2D eigenvalue weighted by molar-refractivity contribution is -0.117. The Morgan fingerprint density at radius 1 is 0.974 bits per heavy atom. The average Bonchev–Trinajstić information content (AvgIpc) is 2.91. The van der Waals surface area contributed by atoms with Crippen LogP contribution >= 0.6 is 0 Å². The second-order valence-corrected chi connectivity index (χ2v) is 8.12. The monoisotopic (exact) mass is 514 g/mol. The molecule has 0 atom stereocenters. The van der Waals surface area contributed by atoms with Crippen LogP contribution in [0.25, 0.3) is 0 Å². The zero-order chi connectivity index (χ0) is 27.2. The van der Waals surface area contributed by atoms with Crippen LogP contribution in [0.15, 0.2) is 76.9 Å². The molecule has 0 aromatic heterocycles. The second-order valence-electron chi connectivity index (χ2n) is 8.12. The summed E-state index contributed by atoms with van der Waals surface area (Å²) in [5.41, 5.74) is 2.79. The number of carbonyl (C=O) groups excluding carboxylic acids is 3. The predicted molar refractivity (Wildman–Crippen MR) is 145 cm³/mol. The molecule has 0 fully saturated rings. The van der Waals surface area contributed by atoms with E-state index < -0.39 is 6.09 Å². The maximum Gasteiger partial charge on any atom is 0.412 e. The summed E-state index contributed by atoms with van der Waals surface area (Å²) < 4.78 is 10.1. The maximum absolute atomic E-state index is 12.9. The number of anilines is 1. The van der Waals surface area contributed by atoms with Gasteiger partial charge in [0.1, 0.15) is 11.4 Å². The minimum atomic E-state index is -0.595. The average molecular weight is 515 g/mol. The summed E-state index contributed by atoms with van der Waals surface area (Å²) in [6.07, 6.45) is 5.60. The largest absolute Gasteiger partial charge is 0.497 e. The van der Waals surface area contributed by atoms with Crippen molar-refractivity contribution in [2.24, 2.45) is 4.99 Å². The molecule has 1 aliphatic heterocycles. The molecule has 9 nitrogen and oxygen atoms in total. The molecule has 9 heteroatoms. The second kappa shape index (κ2) is 14.7. The molecule has 38 heavy (non-hydrogen) atoms. The number of nitrogens with one attached hydrogen (secondary N) is 3. The highest BCUT2D eigenvalue weighted by molar-refractivity contribution is 6.01. The SMILES string of the molecule is CC#CCOC(=O)Nc1ccc(CNC(=O)C2=C/CCC=N/C(C(=O)NCc3cccc(OC)c3)=C\2)cc1. The fourth-order valence-corrected chi connectivity index (χ4v) is 3.38. The van der Waals surface area contributed by atoms with Crippen molar-refractivity contribution in [2.45, 2.75) is 32.9 Å². The quantitative estimate of drug-likeness (QED) is 0.439. The van der Waals surface area contributed by atoms with Gasteiger partial charge in [0.05, 0.1) is 7.11 Å². The Hall–Kier alpha value is -4.84. The van der Waals surface area contributed by atoms with Crippen LogP contribution in [-0.4, -0.2) is 37.8 Å². The maximum atomic E-state index is 12.9. The molecule has 0 radical (unpaired) electrons. The van der Waals surface area contributed by atoms with Crippen molar-refractivity contribution in [1.82, 2.24) is 10.6 Å². The van der Waals surface area contributed by atoms with Crippen LogP contribution in [0.3, 0.4) is 0 Å². The molecule has 3 rings (SSSR count). The Labute approximate surface area is 222 Å². The number of benzene rings is 2. The van der Waals surface area contributed by atoms with Gasteiger partial charge < -0.3 is 20.1 Å². The standard InChI is InChI=1S/C29H30N4O5/c1-3-4-16-38-29(36)33-24-13-11-21(12-14-24)19-31-27(34)23-9-5-6-15-30-26(18-23)28(35)32-20-22-8-7-10-25(17-22)37-2/h7-15,17-18H,5-6,16,19-20H2,1-2H3,(H,31,34)(H,32,35)(H,33,36)/b23-9+,26-18-,30-15?. The number of nitrogens with zero attached hydrogens (tertiary/aromatic N) is 1. The molecule has 0 spiro atoms. The molecule has 0 unspecified atom stereocenters. The Bertz CT molecular complexity index is 1300. The van der Waals surface area contributed by atoms with Crippen LogP contribution < -0.4 is 20.7 Å². The van der Waals surface area contributed by atoms with E-state index in [1.54, 1.807) is 50.6 Å². The molecule has 0 bridgehead atoms. The lowest BCUT2D eigenvalue weighted by Crippen LogP contribution is -2.27. The molecule has 0 saturated heterocycles. The summed E-state index contributed by atoms with van der Waals surface area (Å²) in [7, 11) is 1.58. The number of hydrogen-bond donors (Lipinski definition) is 3. The van der Waals surface area contributed by atoms with Gasteiger partial charge in [0.2, 0.25) is 0 Å². The molecule has 3 N–H and O–H groups in total. The minimum Gasteiger partial charge on any atom is -0.497 e. The van der Waals surface area contributed by atoms with Crippen molar-refractivity contribution in [3.8, 4) is 17.6 Å². The molecule has 1 heterocycles. The normalized spacial score (nSPS) is 15.1. The molecule has 2 aromatic carbocycles. The molecule has 0 saturated carbocycles. The van der Waals surface area contributed by atoms with Gasteiger partial charge in [-0.1, -0.05) is 36.3 Å². The number of methoxy groups -OCH3 is 1. The van der Waals surface area contributed by atoms with Gasteiger partial charge in [-0.05, 0) is 61.2 Å². The third-order valence-corrected chi connectivity index (χ3v) is 5.37. The van der Waals surface area contributed by atoms with E-state index in [0.717, 1.165) is 11.1 Å². The Balaban J connectivity index is 1.56. The van der Waals surface area contributed by atoms with E-state index in [1.165, 1.54) is 6.08 Å². The molecule has 196 valence electrons. The van der Waals surface area contributed by atoms with Crippen LogP contribution in [0, 0.1) is 11.8 Å². The fraction of sp³-hybridized carbons (Fsp3) is 0.241. The van der Waals surface area contributed by atoms with Crippen LogP contribution in [0.4, 0.5) is 10.5 Å². The number of ether oxygens (including phenoxy) is 2. The predicted octanol–water partition coefficient (Wildman–Crippen LogP) is 3.87. The van der Waals surface area contributed by atoms with Crippen molar-refractivity contribution in [3.63, 3.8) is 0 Å². The third kappa shape index (κ3) is 8.99. The van der Waals surface area contributed by atoms with E-state index in [-0.39, 0.29) is 30.7 Å². The Kier molecular flexibility index (Phi) is 10.7. The summed E-state index contributed by atoms with van der Waals surface area (Å²) >= 11 is 0. The van der Waals surface area contributed by atoms with Crippen molar-refractivity contribution in [1.29, 1.82) is 0 Å². The van der Waals surface area contributed by atoms with Crippen molar-refractivity contribution < 1.29 is 23.9 Å². The van der Waals surface area contributed by atoms with Gasteiger partial charge in [0.25, 0.3) is 11.8 Å². The number of allylic oxidation sites excluding steroid dienone is 1. The number of aliphatic imine (C=N–C) groups is 1. The van der Waals surface area contributed by atoms with E-state index in [0.29, 0.717) is 36.4 Å². The smallest absolute Gasteiger partial charge is 0.412 e. The molecule has 3 amide bonds. The van der Waals surface area contributed by atoms with Gasteiger partial charge in [-0.3, -0.25) is 19.9 Å². The summed E-state index contributed by atoms with van der Waals surface area (Å²) in [5.74, 6) is 5.29. The number of carbonyl (C=O) groups is 3.